The molecule has 0 aliphatic carbocycles. The summed E-state index contributed by atoms with van der Waals surface area (Å²) in [5.74, 6) is -0.892. The molecule has 0 radical (unpaired) electrons. The summed E-state index contributed by atoms with van der Waals surface area (Å²) in [5.41, 5.74) is 2.32. The molecular formula is C21H24N4O3. The van der Waals surface area contributed by atoms with Crippen molar-refractivity contribution in [2.45, 2.75) is 33.2 Å². The molecule has 0 fully saturated rings. The third kappa shape index (κ3) is 4.86. The van der Waals surface area contributed by atoms with Gasteiger partial charge in [0, 0.05) is 13.1 Å². The van der Waals surface area contributed by atoms with Crippen LogP contribution in [0.15, 0.2) is 42.6 Å². The summed E-state index contributed by atoms with van der Waals surface area (Å²) in [6.07, 6.45) is 3.33. The molecular weight excluding hydrogens is 356 g/mol. The Labute approximate surface area is 164 Å². The molecule has 0 unspecified atom stereocenters. The van der Waals surface area contributed by atoms with E-state index in [9.17, 15) is 14.8 Å². The Kier molecular flexibility index (Phi) is 6.72. The summed E-state index contributed by atoms with van der Waals surface area (Å²) in [4.78, 5) is 25.8. The third-order valence-electron chi connectivity index (χ3n) is 4.39. The maximum Gasteiger partial charge on any atom is 0.258 e. The second-order valence-corrected chi connectivity index (χ2v) is 7.10. The molecule has 0 saturated heterocycles. The van der Waals surface area contributed by atoms with Gasteiger partial charge >= 0.3 is 0 Å². The number of nitrogens with one attached hydrogen (secondary N) is 1. The van der Waals surface area contributed by atoms with Crippen LogP contribution in [-0.2, 0) is 4.79 Å². The van der Waals surface area contributed by atoms with Crippen molar-refractivity contribution in [2.24, 2.45) is 5.92 Å². The molecule has 1 aromatic carbocycles. The number of rotatable bonds is 6. The Hall–Kier alpha value is -3.40. The van der Waals surface area contributed by atoms with E-state index >= 15 is 0 Å². The number of likely N-dealkylation sites (N-methyl/N-ethyl adjacent to an activating group) is 1. The van der Waals surface area contributed by atoms with Crippen LogP contribution in [0.1, 0.15) is 36.2 Å². The Morgan fingerprint density at radius 3 is 2.50 bits per heavy atom. The maximum absolute atomic E-state index is 12.6. The van der Waals surface area contributed by atoms with Crippen molar-refractivity contribution in [3.05, 3.63) is 58.9 Å². The normalized spacial score (nSPS) is 11.6. The summed E-state index contributed by atoms with van der Waals surface area (Å²) in [7, 11) is 1.35. The molecule has 1 heterocycles. The SMILES string of the molecule is Cc1ccccc1-c1ccc(C(=O)N[C@@H](CC(C)C)C(=O)N(C)C#N)c[n+]1[O-]. The number of carbonyl (C=O) groups excluding carboxylic acids is 2. The Morgan fingerprint density at radius 1 is 1.25 bits per heavy atom. The highest BCUT2D eigenvalue weighted by atomic mass is 16.5. The number of aryl methyl sites for hydroxylation is 1. The highest BCUT2D eigenvalue weighted by molar-refractivity contribution is 5.97. The van der Waals surface area contributed by atoms with Crippen LogP contribution in [0.25, 0.3) is 11.3 Å². The third-order valence-corrected chi connectivity index (χ3v) is 4.39. The summed E-state index contributed by atoms with van der Waals surface area (Å²) < 4.78 is 0.651. The van der Waals surface area contributed by atoms with Crippen molar-refractivity contribution >= 4 is 11.8 Å². The molecule has 0 spiro atoms. The fraction of sp³-hybridized carbons (Fsp3) is 0.333. The van der Waals surface area contributed by atoms with E-state index in [-0.39, 0.29) is 11.5 Å². The zero-order chi connectivity index (χ0) is 20.8. The van der Waals surface area contributed by atoms with Crippen LogP contribution < -0.4 is 10.0 Å². The van der Waals surface area contributed by atoms with E-state index in [1.54, 1.807) is 18.3 Å². The first kappa shape index (κ1) is 20.9. The first-order valence-electron chi connectivity index (χ1n) is 9.02. The zero-order valence-electron chi connectivity index (χ0n) is 16.5. The Morgan fingerprint density at radius 2 is 1.93 bits per heavy atom. The number of hydrogen-bond donors (Lipinski definition) is 1. The second-order valence-electron chi connectivity index (χ2n) is 7.10. The van der Waals surface area contributed by atoms with E-state index in [1.165, 1.54) is 13.2 Å². The van der Waals surface area contributed by atoms with Crippen LogP contribution in [-0.4, -0.2) is 29.8 Å². The van der Waals surface area contributed by atoms with Gasteiger partial charge in [-0.25, -0.2) is 0 Å². The van der Waals surface area contributed by atoms with E-state index in [0.29, 0.717) is 16.8 Å². The zero-order valence-corrected chi connectivity index (χ0v) is 16.5. The molecule has 1 N–H and O–H groups in total. The average Bonchev–Trinajstić information content (AvgIpc) is 2.66. The van der Waals surface area contributed by atoms with Gasteiger partial charge in [-0.1, -0.05) is 32.0 Å². The lowest BCUT2D eigenvalue weighted by Crippen LogP contribution is -2.47. The molecule has 0 saturated carbocycles. The lowest BCUT2D eigenvalue weighted by atomic mass is 10.0. The van der Waals surface area contributed by atoms with Gasteiger partial charge in [0.15, 0.2) is 12.4 Å². The standard InChI is InChI=1S/C21H24N4O3/c1-14(2)11-18(21(27)24(4)13-22)23-20(26)16-9-10-19(25(28)12-16)17-8-6-5-7-15(17)3/h5-10,12,14,18H,11H2,1-4H3,(H,23,26)/t18-/m0/s1. The molecule has 28 heavy (non-hydrogen) atoms. The number of benzene rings is 1. The van der Waals surface area contributed by atoms with E-state index in [0.717, 1.165) is 16.0 Å². The minimum atomic E-state index is -0.840. The van der Waals surface area contributed by atoms with E-state index in [2.05, 4.69) is 5.32 Å². The fourth-order valence-corrected chi connectivity index (χ4v) is 2.90. The van der Waals surface area contributed by atoms with E-state index < -0.39 is 17.9 Å². The van der Waals surface area contributed by atoms with Crippen LogP contribution in [0.5, 0.6) is 0 Å². The molecule has 7 heteroatoms. The van der Waals surface area contributed by atoms with Gasteiger partial charge in [0.1, 0.15) is 11.6 Å². The van der Waals surface area contributed by atoms with Crippen molar-refractivity contribution in [2.75, 3.05) is 7.05 Å². The average molecular weight is 380 g/mol. The summed E-state index contributed by atoms with van der Waals surface area (Å²) >= 11 is 0. The monoisotopic (exact) mass is 380 g/mol. The van der Waals surface area contributed by atoms with Crippen LogP contribution in [0.3, 0.4) is 0 Å². The van der Waals surface area contributed by atoms with Crippen molar-refractivity contribution in [1.29, 1.82) is 5.26 Å². The number of amides is 2. The van der Waals surface area contributed by atoms with Gasteiger partial charge in [0.2, 0.25) is 5.69 Å². The first-order chi connectivity index (χ1) is 13.2. The summed E-state index contributed by atoms with van der Waals surface area (Å²) in [6, 6.07) is 9.78. The van der Waals surface area contributed by atoms with Gasteiger partial charge < -0.3 is 10.5 Å². The Bertz CT molecular complexity index is 918. The van der Waals surface area contributed by atoms with Crippen LogP contribution in [0, 0.1) is 29.5 Å². The van der Waals surface area contributed by atoms with Gasteiger partial charge in [-0.15, -0.1) is 0 Å². The van der Waals surface area contributed by atoms with Crippen molar-refractivity contribution in [1.82, 2.24) is 10.2 Å². The highest BCUT2D eigenvalue weighted by Gasteiger charge is 2.26. The molecule has 2 rings (SSSR count). The Balaban J connectivity index is 2.25. The number of carbonyl (C=O) groups is 2. The van der Waals surface area contributed by atoms with Gasteiger partial charge in [-0.2, -0.15) is 9.99 Å². The highest BCUT2D eigenvalue weighted by Crippen LogP contribution is 2.20. The molecule has 146 valence electrons. The lowest BCUT2D eigenvalue weighted by molar-refractivity contribution is -0.593. The number of hydrogen-bond acceptors (Lipinski definition) is 4. The predicted octanol–water partition coefficient (Wildman–Crippen LogP) is 2.38. The fourth-order valence-electron chi connectivity index (χ4n) is 2.90. The van der Waals surface area contributed by atoms with Gasteiger partial charge in [0.05, 0.1) is 5.56 Å². The summed E-state index contributed by atoms with van der Waals surface area (Å²) in [6.45, 7) is 5.74. The van der Waals surface area contributed by atoms with Gasteiger partial charge in [0.25, 0.3) is 11.8 Å². The van der Waals surface area contributed by atoms with E-state index in [4.69, 9.17) is 5.26 Å². The number of aromatic nitrogens is 1. The molecule has 2 aromatic rings. The van der Waals surface area contributed by atoms with Gasteiger partial charge in [-0.05, 0) is 37.0 Å². The van der Waals surface area contributed by atoms with Crippen LogP contribution in [0.2, 0.25) is 0 Å². The quantitative estimate of drug-likeness (QED) is 0.360. The summed E-state index contributed by atoms with van der Waals surface area (Å²) in [5, 5.41) is 24.0. The minimum Gasteiger partial charge on any atom is -0.618 e. The minimum absolute atomic E-state index is 0.134. The second kappa shape index (κ2) is 9.00. The van der Waals surface area contributed by atoms with Gasteiger partial charge in [-0.3, -0.25) is 14.5 Å². The number of pyridine rings is 1. The number of nitriles is 1. The topological polar surface area (TPSA) is 100 Å². The molecule has 7 nitrogen and oxygen atoms in total. The molecule has 0 aliphatic rings. The molecule has 2 amide bonds. The molecule has 1 atom stereocenters. The lowest BCUT2D eigenvalue weighted by Gasteiger charge is -2.21. The largest absolute Gasteiger partial charge is 0.618 e. The van der Waals surface area contributed by atoms with Crippen molar-refractivity contribution in [3.8, 4) is 17.5 Å². The molecule has 1 aromatic heterocycles. The maximum atomic E-state index is 12.6. The molecule has 0 aliphatic heterocycles. The first-order valence-corrected chi connectivity index (χ1v) is 9.02. The van der Waals surface area contributed by atoms with E-state index in [1.807, 2.05) is 45.0 Å². The van der Waals surface area contributed by atoms with Crippen molar-refractivity contribution < 1.29 is 14.3 Å². The molecule has 0 bridgehead atoms. The predicted molar refractivity (Wildman–Crippen MR) is 105 cm³/mol. The number of nitrogens with zero attached hydrogens (tertiary/aromatic N) is 3. The van der Waals surface area contributed by atoms with Crippen molar-refractivity contribution in [3.63, 3.8) is 0 Å². The van der Waals surface area contributed by atoms with Crippen LogP contribution in [0.4, 0.5) is 0 Å². The van der Waals surface area contributed by atoms with Crippen LogP contribution >= 0.6 is 0 Å². The smallest absolute Gasteiger partial charge is 0.258 e.